The Morgan fingerprint density at radius 3 is 2.96 bits per heavy atom. The molecule has 0 bridgehead atoms. The summed E-state index contributed by atoms with van der Waals surface area (Å²) < 4.78 is 15.6. The van der Waals surface area contributed by atoms with E-state index in [0.717, 1.165) is 37.9 Å². The van der Waals surface area contributed by atoms with Gasteiger partial charge in [0.2, 0.25) is 0 Å². The molecule has 138 valence electrons. The Bertz CT molecular complexity index is 784. The number of hydrogen-bond acceptors (Lipinski definition) is 3. The van der Waals surface area contributed by atoms with Crippen LogP contribution in [-0.2, 0) is 0 Å². The average Bonchev–Trinajstić information content (AvgIpc) is 3.29. The van der Waals surface area contributed by atoms with Crippen molar-refractivity contribution in [3.63, 3.8) is 0 Å². The van der Waals surface area contributed by atoms with E-state index in [1.165, 1.54) is 6.07 Å². The fourth-order valence-electron chi connectivity index (χ4n) is 4.24. The van der Waals surface area contributed by atoms with Gasteiger partial charge in [-0.3, -0.25) is 9.48 Å². The summed E-state index contributed by atoms with van der Waals surface area (Å²) in [6.07, 6.45) is 5.02. The van der Waals surface area contributed by atoms with Crippen molar-refractivity contribution in [3.05, 3.63) is 53.6 Å². The molecule has 0 radical (unpaired) electrons. The number of nitrogens with zero attached hydrogens (tertiary/aromatic N) is 3. The van der Waals surface area contributed by atoms with E-state index < -0.39 is 0 Å². The Morgan fingerprint density at radius 1 is 1.31 bits per heavy atom. The minimum atomic E-state index is -0.261. The first-order valence-electron chi connectivity index (χ1n) is 9.46. The Labute approximate surface area is 153 Å². The van der Waals surface area contributed by atoms with Gasteiger partial charge in [-0.2, -0.15) is 5.10 Å². The molecule has 0 saturated carbocycles. The normalized spacial score (nSPS) is 26.2. The highest BCUT2D eigenvalue weighted by Gasteiger charge is 2.37. The van der Waals surface area contributed by atoms with Crippen molar-refractivity contribution in [2.45, 2.75) is 38.3 Å². The molecular weight excluding hydrogens is 331 g/mol. The highest BCUT2D eigenvalue weighted by atomic mass is 19.1. The van der Waals surface area contributed by atoms with E-state index in [0.29, 0.717) is 24.2 Å². The van der Waals surface area contributed by atoms with Crippen molar-refractivity contribution in [1.29, 1.82) is 0 Å². The van der Waals surface area contributed by atoms with E-state index in [9.17, 15) is 9.18 Å². The Kier molecular flexibility index (Phi) is 4.76. The van der Waals surface area contributed by atoms with Crippen LogP contribution in [0.2, 0.25) is 0 Å². The molecular formula is C20H25FN4O. The van der Waals surface area contributed by atoms with Crippen molar-refractivity contribution in [2.75, 3.05) is 19.6 Å². The first-order valence-corrected chi connectivity index (χ1v) is 9.46. The highest BCUT2D eigenvalue weighted by Crippen LogP contribution is 2.38. The quantitative estimate of drug-likeness (QED) is 0.919. The van der Waals surface area contributed by atoms with Crippen LogP contribution in [0.5, 0.6) is 0 Å². The van der Waals surface area contributed by atoms with Gasteiger partial charge in [0.1, 0.15) is 11.5 Å². The lowest BCUT2D eigenvalue weighted by molar-refractivity contribution is 0.0712. The first-order chi connectivity index (χ1) is 12.6. The maximum Gasteiger partial charge on any atom is 0.274 e. The molecule has 2 fully saturated rings. The zero-order chi connectivity index (χ0) is 18.1. The summed E-state index contributed by atoms with van der Waals surface area (Å²) in [6.45, 7) is 4.74. The van der Waals surface area contributed by atoms with Crippen LogP contribution in [0.25, 0.3) is 0 Å². The molecule has 3 heterocycles. The van der Waals surface area contributed by atoms with Gasteiger partial charge in [-0.05, 0) is 55.5 Å². The third-order valence-electron chi connectivity index (χ3n) is 5.62. The molecule has 0 aliphatic carbocycles. The zero-order valence-corrected chi connectivity index (χ0v) is 15.1. The molecule has 2 saturated heterocycles. The molecule has 2 aliphatic heterocycles. The first kappa shape index (κ1) is 17.2. The summed E-state index contributed by atoms with van der Waals surface area (Å²) in [5, 5.41) is 7.94. The van der Waals surface area contributed by atoms with Crippen molar-refractivity contribution in [3.8, 4) is 0 Å². The Balaban J connectivity index is 1.56. The summed E-state index contributed by atoms with van der Waals surface area (Å²) in [7, 11) is 0. The summed E-state index contributed by atoms with van der Waals surface area (Å²) >= 11 is 0. The molecule has 5 nitrogen and oxygen atoms in total. The monoisotopic (exact) mass is 356 g/mol. The molecule has 4 rings (SSSR count). The number of nitrogens with one attached hydrogen (secondary N) is 1. The lowest BCUT2D eigenvalue weighted by Gasteiger charge is -2.27. The smallest absolute Gasteiger partial charge is 0.274 e. The predicted molar refractivity (Wildman–Crippen MR) is 97.3 cm³/mol. The number of halogens is 1. The van der Waals surface area contributed by atoms with Crippen LogP contribution in [0.1, 0.15) is 54.3 Å². The van der Waals surface area contributed by atoms with E-state index in [1.807, 2.05) is 27.9 Å². The molecule has 1 N–H and O–H groups in total. The molecule has 26 heavy (non-hydrogen) atoms. The van der Waals surface area contributed by atoms with Crippen molar-refractivity contribution in [1.82, 2.24) is 20.0 Å². The molecule has 1 amide bonds. The number of piperidine rings is 1. The average molecular weight is 356 g/mol. The van der Waals surface area contributed by atoms with Crippen molar-refractivity contribution < 1.29 is 9.18 Å². The minimum Gasteiger partial charge on any atom is -0.330 e. The second-order valence-electron chi connectivity index (χ2n) is 7.45. The van der Waals surface area contributed by atoms with E-state index in [1.54, 1.807) is 12.1 Å². The lowest BCUT2D eigenvalue weighted by Crippen LogP contribution is -2.33. The second kappa shape index (κ2) is 7.19. The van der Waals surface area contributed by atoms with Crippen LogP contribution >= 0.6 is 0 Å². The Morgan fingerprint density at radius 2 is 2.19 bits per heavy atom. The molecule has 3 atom stereocenters. The van der Waals surface area contributed by atoms with Crippen molar-refractivity contribution >= 4 is 5.91 Å². The molecule has 1 aromatic heterocycles. The van der Waals surface area contributed by atoms with Gasteiger partial charge in [-0.25, -0.2) is 4.39 Å². The maximum absolute atomic E-state index is 13.7. The molecule has 1 aromatic carbocycles. The number of aromatic nitrogens is 2. The molecule has 3 unspecified atom stereocenters. The summed E-state index contributed by atoms with van der Waals surface area (Å²) in [6, 6.07) is 8.61. The molecule has 0 spiro atoms. The summed E-state index contributed by atoms with van der Waals surface area (Å²) in [5.74, 6) is -0.0282. The van der Waals surface area contributed by atoms with Crippen LogP contribution in [0.15, 0.2) is 36.5 Å². The third-order valence-corrected chi connectivity index (χ3v) is 5.62. The number of amides is 1. The number of carbonyl (C=O) groups is 1. The lowest BCUT2D eigenvalue weighted by atomic mass is 9.95. The number of carbonyl (C=O) groups excluding carboxylic acids is 1. The van der Waals surface area contributed by atoms with Gasteiger partial charge in [-0.15, -0.1) is 0 Å². The van der Waals surface area contributed by atoms with Crippen LogP contribution in [0.3, 0.4) is 0 Å². The molecule has 6 heteroatoms. The SMILES string of the molecule is CC1CCN(C(=O)c2ccn(C3CCCNC3)n2)C1c1cccc(F)c1. The van der Waals surface area contributed by atoms with Gasteiger partial charge in [0.25, 0.3) is 5.91 Å². The largest absolute Gasteiger partial charge is 0.330 e. The number of rotatable bonds is 3. The van der Waals surface area contributed by atoms with Crippen LogP contribution in [-0.4, -0.2) is 40.2 Å². The summed E-state index contributed by atoms with van der Waals surface area (Å²) in [4.78, 5) is 15.0. The van der Waals surface area contributed by atoms with Crippen LogP contribution in [0, 0.1) is 11.7 Å². The zero-order valence-electron chi connectivity index (χ0n) is 15.1. The van der Waals surface area contributed by atoms with Crippen molar-refractivity contribution in [2.24, 2.45) is 5.92 Å². The van der Waals surface area contributed by atoms with Gasteiger partial charge in [0.15, 0.2) is 0 Å². The number of likely N-dealkylation sites (tertiary alicyclic amines) is 1. The van der Waals surface area contributed by atoms with Gasteiger partial charge in [-0.1, -0.05) is 19.1 Å². The van der Waals surface area contributed by atoms with E-state index in [2.05, 4.69) is 17.3 Å². The Hall–Kier alpha value is -2.21. The number of benzene rings is 1. The fourth-order valence-corrected chi connectivity index (χ4v) is 4.24. The maximum atomic E-state index is 13.7. The van der Waals surface area contributed by atoms with Gasteiger partial charge in [0, 0.05) is 19.3 Å². The second-order valence-corrected chi connectivity index (χ2v) is 7.45. The third kappa shape index (κ3) is 3.26. The highest BCUT2D eigenvalue weighted by molar-refractivity contribution is 5.92. The topological polar surface area (TPSA) is 50.2 Å². The fraction of sp³-hybridized carbons (Fsp3) is 0.500. The molecule has 2 aliphatic rings. The standard InChI is InChI=1S/C20H25FN4O/c1-14-7-10-24(19(14)15-4-2-5-16(21)12-15)20(26)18-8-11-25(23-18)17-6-3-9-22-13-17/h2,4-5,8,11-12,14,17,19,22H,3,6-7,9-10,13H2,1H3. The van der Waals surface area contributed by atoms with Gasteiger partial charge >= 0.3 is 0 Å². The van der Waals surface area contributed by atoms with E-state index >= 15 is 0 Å². The van der Waals surface area contributed by atoms with Gasteiger partial charge in [0.05, 0.1) is 12.1 Å². The van der Waals surface area contributed by atoms with Crippen LogP contribution < -0.4 is 5.32 Å². The van der Waals surface area contributed by atoms with E-state index in [4.69, 9.17) is 0 Å². The molecule has 2 aromatic rings. The summed E-state index contributed by atoms with van der Waals surface area (Å²) in [5.41, 5.74) is 1.34. The predicted octanol–water partition coefficient (Wildman–Crippen LogP) is 3.17. The number of hydrogen-bond donors (Lipinski definition) is 1. The van der Waals surface area contributed by atoms with Gasteiger partial charge < -0.3 is 10.2 Å². The minimum absolute atomic E-state index is 0.0638. The van der Waals surface area contributed by atoms with E-state index in [-0.39, 0.29) is 17.8 Å². The van der Waals surface area contributed by atoms with Crippen LogP contribution in [0.4, 0.5) is 4.39 Å².